The van der Waals surface area contributed by atoms with Crippen LogP contribution in [0.5, 0.6) is 0 Å². The fourth-order valence-electron chi connectivity index (χ4n) is 2.84. The summed E-state index contributed by atoms with van der Waals surface area (Å²) in [6.07, 6.45) is 1.59. The monoisotopic (exact) mass is 344 g/mol. The number of carbonyl (C=O) groups excluding carboxylic acids is 2. The second kappa shape index (κ2) is 7.75. The van der Waals surface area contributed by atoms with E-state index in [1.54, 1.807) is 16.7 Å². The maximum atomic E-state index is 12.8. The number of ether oxygens (including phenoxy) is 2. The molecule has 2 amide bonds. The van der Waals surface area contributed by atoms with Gasteiger partial charge >= 0.3 is 6.09 Å². The van der Waals surface area contributed by atoms with E-state index in [1.807, 2.05) is 32.6 Å². The number of hydrogen-bond donors (Lipinski definition) is 0. The molecule has 0 aromatic heterocycles. The van der Waals surface area contributed by atoms with Gasteiger partial charge in [0.1, 0.15) is 11.6 Å². The molecule has 2 heterocycles. The summed E-state index contributed by atoms with van der Waals surface area (Å²) in [6, 6.07) is -0.404. The van der Waals surface area contributed by atoms with Crippen molar-refractivity contribution in [2.24, 2.45) is 0 Å². The van der Waals surface area contributed by atoms with E-state index in [0.29, 0.717) is 31.3 Å². The number of hydrogen-bond acceptors (Lipinski definition) is 5. The van der Waals surface area contributed by atoms with Gasteiger partial charge in [-0.05, 0) is 40.5 Å². The Hall–Kier alpha value is -0.950. The number of nitrogens with zero attached hydrogens (tertiary/aromatic N) is 2. The molecule has 2 aliphatic rings. The van der Waals surface area contributed by atoms with Crippen molar-refractivity contribution >= 4 is 23.8 Å². The van der Waals surface area contributed by atoms with Crippen LogP contribution in [0.1, 0.15) is 40.5 Å². The SMILES string of the molecule is CCOC1CCN(C(=O)[C@H]2CSCN2C(=O)OC(C)(C)C)CC1. The van der Waals surface area contributed by atoms with Gasteiger partial charge in [0.05, 0.1) is 12.0 Å². The highest BCUT2D eigenvalue weighted by Gasteiger charge is 2.39. The van der Waals surface area contributed by atoms with Crippen LogP contribution in [0, 0.1) is 0 Å². The molecule has 2 saturated heterocycles. The summed E-state index contributed by atoms with van der Waals surface area (Å²) in [5, 5.41) is 0. The van der Waals surface area contributed by atoms with Gasteiger partial charge < -0.3 is 14.4 Å². The van der Waals surface area contributed by atoms with E-state index < -0.39 is 17.7 Å². The first-order valence-electron chi connectivity index (χ1n) is 8.29. The second-order valence-corrected chi connectivity index (χ2v) is 7.95. The summed E-state index contributed by atoms with van der Waals surface area (Å²) >= 11 is 1.60. The fourth-order valence-corrected chi connectivity index (χ4v) is 3.97. The van der Waals surface area contributed by atoms with Crippen molar-refractivity contribution in [1.29, 1.82) is 0 Å². The standard InChI is InChI=1S/C16H28N2O4S/c1-5-21-12-6-8-17(9-7-12)14(19)13-10-23-11-18(13)15(20)22-16(2,3)4/h12-13H,5-11H2,1-4H3/t13-/m1/s1. The lowest BCUT2D eigenvalue weighted by Gasteiger charge is -2.35. The van der Waals surface area contributed by atoms with Gasteiger partial charge in [0, 0.05) is 25.4 Å². The topological polar surface area (TPSA) is 59.1 Å². The van der Waals surface area contributed by atoms with E-state index in [1.165, 1.54) is 0 Å². The molecular formula is C16H28N2O4S. The first kappa shape index (κ1) is 18.4. The number of piperidine rings is 1. The van der Waals surface area contributed by atoms with Gasteiger partial charge in [0.2, 0.25) is 5.91 Å². The van der Waals surface area contributed by atoms with Crippen molar-refractivity contribution in [2.75, 3.05) is 31.3 Å². The zero-order valence-corrected chi connectivity index (χ0v) is 15.4. The van der Waals surface area contributed by atoms with Crippen molar-refractivity contribution in [2.45, 2.75) is 58.3 Å². The average molecular weight is 344 g/mol. The number of carbonyl (C=O) groups is 2. The van der Waals surface area contributed by atoms with Crippen molar-refractivity contribution in [3.05, 3.63) is 0 Å². The van der Waals surface area contributed by atoms with Crippen molar-refractivity contribution in [3.63, 3.8) is 0 Å². The molecule has 23 heavy (non-hydrogen) atoms. The van der Waals surface area contributed by atoms with Gasteiger partial charge in [-0.3, -0.25) is 9.69 Å². The third-order valence-electron chi connectivity index (χ3n) is 3.95. The zero-order chi connectivity index (χ0) is 17.0. The molecule has 0 aromatic rings. The Kier molecular flexibility index (Phi) is 6.19. The third kappa shape index (κ3) is 5.01. The Balaban J connectivity index is 1.92. The van der Waals surface area contributed by atoms with E-state index >= 15 is 0 Å². The Morgan fingerprint density at radius 2 is 1.87 bits per heavy atom. The molecule has 1 atom stereocenters. The highest BCUT2D eigenvalue weighted by molar-refractivity contribution is 7.99. The fraction of sp³-hybridized carbons (Fsp3) is 0.875. The second-order valence-electron chi connectivity index (χ2n) is 6.95. The van der Waals surface area contributed by atoms with Gasteiger partial charge in [-0.25, -0.2) is 4.79 Å². The Morgan fingerprint density at radius 3 is 2.43 bits per heavy atom. The van der Waals surface area contributed by atoms with Gasteiger partial charge in [-0.2, -0.15) is 0 Å². The summed E-state index contributed by atoms with van der Waals surface area (Å²) < 4.78 is 11.0. The molecule has 0 spiro atoms. The Morgan fingerprint density at radius 1 is 1.22 bits per heavy atom. The van der Waals surface area contributed by atoms with Crippen LogP contribution in [0.3, 0.4) is 0 Å². The van der Waals surface area contributed by atoms with E-state index in [9.17, 15) is 9.59 Å². The highest BCUT2D eigenvalue weighted by Crippen LogP contribution is 2.26. The van der Waals surface area contributed by atoms with Gasteiger partial charge in [0.15, 0.2) is 0 Å². The summed E-state index contributed by atoms with van der Waals surface area (Å²) in [5.41, 5.74) is -0.548. The van der Waals surface area contributed by atoms with Crippen LogP contribution in [-0.2, 0) is 14.3 Å². The molecular weight excluding hydrogens is 316 g/mol. The Labute approximate surface area is 142 Å². The molecule has 0 radical (unpaired) electrons. The largest absolute Gasteiger partial charge is 0.444 e. The lowest BCUT2D eigenvalue weighted by atomic mass is 10.1. The minimum absolute atomic E-state index is 0.0378. The highest BCUT2D eigenvalue weighted by atomic mass is 32.2. The van der Waals surface area contributed by atoms with Crippen molar-refractivity contribution in [1.82, 2.24) is 9.80 Å². The van der Waals surface area contributed by atoms with Crippen LogP contribution in [0.2, 0.25) is 0 Å². The van der Waals surface area contributed by atoms with Gasteiger partial charge in [-0.1, -0.05) is 0 Å². The Bertz CT molecular complexity index is 430. The van der Waals surface area contributed by atoms with Crippen LogP contribution in [0.15, 0.2) is 0 Å². The van der Waals surface area contributed by atoms with Crippen LogP contribution in [-0.4, -0.2) is 70.9 Å². The molecule has 0 aromatic carbocycles. The molecule has 2 aliphatic heterocycles. The first-order chi connectivity index (χ1) is 10.8. The molecule has 132 valence electrons. The minimum Gasteiger partial charge on any atom is -0.444 e. The lowest BCUT2D eigenvalue weighted by Crippen LogP contribution is -2.52. The maximum Gasteiger partial charge on any atom is 0.411 e. The quantitative estimate of drug-likeness (QED) is 0.786. The molecule has 0 bridgehead atoms. The predicted molar refractivity (Wildman–Crippen MR) is 90.4 cm³/mol. The van der Waals surface area contributed by atoms with E-state index in [4.69, 9.17) is 9.47 Å². The van der Waals surface area contributed by atoms with Gasteiger partial charge in [0.25, 0.3) is 0 Å². The molecule has 0 unspecified atom stereocenters. The summed E-state index contributed by atoms with van der Waals surface area (Å²) in [5.74, 6) is 1.19. The summed E-state index contributed by atoms with van der Waals surface area (Å²) in [6.45, 7) is 9.62. The molecule has 0 saturated carbocycles. The normalized spacial score (nSPS) is 23.2. The van der Waals surface area contributed by atoms with E-state index in [0.717, 1.165) is 12.8 Å². The van der Waals surface area contributed by atoms with Crippen molar-refractivity contribution in [3.8, 4) is 0 Å². The van der Waals surface area contributed by atoms with E-state index in [-0.39, 0.29) is 12.0 Å². The lowest BCUT2D eigenvalue weighted by molar-refractivity contribution is -0.138. The summed E-state index contributed by atoms with van der Waals surface area (Å²) in [7, 11) is 0. The van der Waals surface area contributed by atoms with Crippen LogP contribution in [0.25, 0.3) is 0 Å². The number of amides is 2. The van der Waals surface area contributed by atoms with E-state index in [2.05, 4.69) is 0 Å². The third-order valence-corrected chi connectivity index (χ3v) is 4.96. The summed E-state index contributed by atoms with van der Waals surface area (Å²) in [4.78, 5) is 28.5. The van der Waals surface area contributed by atoms with Crippen molar-refractivity contribution < 1.29 is 19.1 Å². The zero-order valence-electron chi connectivity index (χ0n) is 14.5. The van der Waals surface area contributed by atoms with Gasteiger partial charge in [-0.15, -0.1) is 11.8 Å². The molecule has 2 rings (SSSR count). The smallest absolute Gasteiger partial charge is 0.411 e. The van der Waals surface area contributed by atoms with Crippen LogP contribution in [0.4, 0.5) is 4.79 Å². The number of thioether (sulfide) groups is 1. The average Bonchev–Trinajstić information content (AvgIpc) is 2.95. The maximum absolute atomic E-state index is 12.8. The number of rotatable bonds is 3. The first-order valence-corrected chi connectivity index (χ1v) is 9.45. The molecule has 0 N–H and O–H groups in total. The molecule has 0 aliphatic carbocycles. The number of likely N-dealkylation sites (tertiary alicyclic amines) is 1. The molecule has 6 nitrogen and oxygen atoms in total. The molecule has 2 fully saturated rings. The van der Waals surface area contributed by atoms with Crippen LogP contribution >= 0.6 is 11.8 Å². The van der Waals surface area contributed by atoms with Crippen LogP contribution < -0.4 is 0 Å². The predicted octanol–water partition coefficient (Wildman–Crippen LogP) is 2.32. The minimum atomic E-state index is -0.548. The molecule has 7 heteroatoms.